The number of aldehydes is 1. The van der Waals surface area contributed by atoms with Crippen molar-refractivity contribution in [3.63, 3.8) is 0 Å². The quantitative estimate of drug-likeness (QED) is 0.106. The van der Waals surface area contributed by atoms with E-state index in [1.165, 1.54) is 25.2 Å². The van der Waals surface area contributed by atoms with E-state index in [-0.39, 0.29) is 23.4 Å². The van der Waals surface area contributed by atoms with Crippen molar-refractivity contribution in [2.45, 2.75) is 39.7 Å². The van der Waals surface area contributed by atoms with Gasteiger partial charge in [0, 0.05) is 28.7 Å². The Morgan fingerprint density at radius 1 is 1.16 bits per heavy atom. The van der Waals surface area contributed by atoms with Crippen molar-refractivity contribution in [1.29, 1.82) is 0 Å². The fraction of sp³-hybridized carbons (Fsp3) is 0.345. The van der Waals surface area contributed by atoms with E-state index in [0.717, 1.165) is 43.3 Å². The Kier molecular flexibility index (Phi) is 15.5. The molecule has 1 unspecified atom stereocenters. The number of likely N-dealkylation sites (N-methyl/N-ethyl adjacent to an activating group) is 1. The van der Waals surface area contributed by atoms with Gasteiger partial charge in [-0.3, -0.25) is 14.5 Å². The van der Waals surface area contributed by atoms with Gasteiger partial charge in [-0.2, -0.15) is 0 Å². The summed E-state index contributed by atoms with van der Waals surface area (Å²) in [7, 11) is 1.93. The molecule has 2 aromatic carbocycles. The lowest BCUT2D eigenvalue weighted by molar-refractivity contribution is -0.117. The highest BCUT2D eigenvalue weighted by atomic mass is 35.5. The van der Waals surface area contributed by atoms with Crippen molar-refractivity contribution >= 4 is 41.0 Å². The number of unbranched alkanes of at least 4 members (excludes halogenated alkanes) is 1. The predicted molar refractivity (Wildman–Crippen MR) is 151 cm³/mol. The lowest BCUT2D eigenvalue weighted by Crippen LogP contribution is -2.31. The minimum atomic E-state index is -0.0600. The van der Waals surface area contributed by atoms with Crippen LogP contribution in [0.2, 0.25) is 5.02 Å². The molecule has 1 amide bonds. The van der Waals surface area contributed by atoms with Gasteiger partial charge in [-0.1, -0.05) is 43.2 Å². The molecule has 0 saturated heterocycles. The standard InChI is InChI=1S/C17H27N3O2.C12H11ClO2/c1-14(13-21)6-3-4-9-20(2)12-17(22)19-16-8-5-7-15(10-16)11-18;1-9(14)3-2-4-12(15)10-5-7-11(13)8-6-10/h5,7-8,10,13-14H,3-4,6,9,11-12,18H2,1-2H3,(H,19,22);2-8,15H,1H3/b;3-2+,12-4-. The first-order chi connectivity index (χ1) is 17.6. The number of rotatable bonds is 13. The molecule has 0 aliphatic heterocycles. The number of hydrogen-bond donors (Lipinski definition) is 3. The smallest absolute Gasteiger partial charge is 0.238 e. The molecular formula is C29H38ClN3O4. The minimum absolute atomic E-state index is 0.0297. The molecule has 0 radical (unpaired) electrons. The number of ketones is 1. The Labute approximate surface area is 225 Å². The normalized spacial score (nSPS) is 12.1. The van der Waals surface area contributed by atoms with Crippen molar-refractivity contribution in [3.8, 4) is 0 Å². The number of benzene rings is 2. The monoisotopic (exact) mass is 527 g/mol. The first-order valence-electron chi connectivity index (χ1n) is 12.2. The van der Waals surface area contributed by atoms with Crippen LogP contribution in [0, 0.1) is 5.92 Å². The van der Waals surface area contributed by atoms with Crippen LogP contribution in [0.1, 0.15) is 44.2 Å². The molecule has 0 bridgehead atoms. The van der Waals surface area contributed by atoms with Crippen LogP contribution in [0.4, 0.5) is 5.69 Å². The van der Waals surface area contributed by atoms with Crippen LogP contribution in [-0.4, -0.2) is 48.1 Å². The summed E-state index contributed by atoms with van der Waals surface area (Å²) in [6, 6.07) is 14.4. The van der Waals surface area contributed by atoms with Gasteiger partial charge in [-0.15, -0.1) is 0 Å². The van der Waals surface area contributed by atoms with Crippen LogP contribution < -0.4 is 11.1 Å². The van der Waals surface area contributed by atoms with Crippen molar-refractivity contribution in [1.82, 2.24) is 4.90 Å². The summed E-state index contributed by atoms with van der Waals surface area (Å²) < 4.78 is 0. The maximum Gasteiger partial charge on any atom is 0.238 e. The van der Waals surface area contributed by atoms with Gasteiger partial charge in [0.05, 0.1) is 6.54 Å². The van der Waals surface area contributed by atoms with Gasteiger partial charge in [0.2, 0.25) is 5.91 Å². The molecule has 0 spiro atoms. The van der Waals surface area contributed by atoms with Gasteiger partial charge in [0.1, 0.15) is 12.0 Å². The predicted octanol–water partition coefficient (Wildman–Crippen LogP) is 5.41. The van der Waals surface area contributed by atoms with Crippen molar-refractivity contribution < 1.29 is 19.5 Å². The number of anilines is 1. The number of allylic oxidation sites excluding steroid dienone is 3. The first-order valence-corrected chi connectivity index (χ1v) is 12.6. The number of carbonyl (C=O) groups excluding carboxylic acids is 3. The lowest BCUT2D eigenvalue weighted by atomic mass is 10.1. The Morgan fingerprint density at radius 3 is 2.49 bits per heavy atom. The minimum Gasteiger partial charge on any atom is -0.507 e. The number of nitrogens with zero attached hydrogens (tertiary/aromatic N) is 1. The molecule has 0 fully saturated rings. The number of aliphatic hydroxyl groups is 1. The third-order valence-corrected chi connectivity index (χ3v) is 5.52. The highest BCUT2D eigenvalue weighted by Crippen LogP contribution is 2.15. The molecule has 37 heavy (non-hydrogen) atoms. The molecule has 0 saturated carbocycles. The maximum atomic E-state index is 12.0. The van der Waals surface area contributed by atoms with Gasteiger partial charge >= 0.3 is 0 Å². The number of aliphatic hydroxyl groups excluding tert-OH is 1. The zero-order chi connectivity index (χ0) is 27.6. The molecule has 2 rings (SSSR count). The summed E-state index contributed by atoms with van der Waals surface area (Å²) >= 11 is 5.70. The van der Waals surface area contributed by atoms with E-state index in [0.29, 0.717) is 23.7 Å². The SMILES string of the molecule is CC(=O)/C=C/C=C(\O)c1ccc(Cl)cc1.CC(C=O)CCCCN(C)CC(=O)Nc1cccc(CN)c1. The Bertz CT molecular complexity index is 1050. The molecule has 1 atom stereocenters. The average Bonchev–Trinajstić information content (AvgIpc) is 2.87. The third-order valence-electron chi connectivity index (χ3n) is 5.27. The van der Waals surface area contributed by atoms with Crippen LogP contribution in [-0.2, 0) is 20.9 Å². The molecular weight excluding hydrogens is 490 g/mol. The van der Waals surface area contributed by atoms with Crippen molar-refractivity contribution in [2.75, 3.05) is 25.5 Å². The third kappa shape index (κ3) is 14.8. The van der Waals surface area contributed by atoms with Gasteiger partial charge in [-0.25, -0.2) is 0 Å². The van der Waals surface area contributed by atoms with E-state index in [2.05, 4.69) is 5.32 Å². The van der Waals surface area contributed by atoms with E-state index < -0.39 is 0 Å². The number of amides is 1. The molecule has 2 aromatic rings. The Hall–Kier alpha value is -3.26. The van der Waals surface area contributed by atoms with Crippen molar-refractivity contribution in [3.05, 3.63) is 82.9 Å². The fourth-order valence-corrected chi connectivity index (χ4v) is 3.33. The molecule has 200 valence electrons. The van der Waals surface area contributed by atoms with Crippen LogP contribution in [0.25, 0.3) is 5.76 Å². The van der Waals surface area contributed by atoms with Crippen LogP contribution in [0.5, 0.6) is 0 Å². The van der Waals surface area contributed by atoms with E-state index in [1.807, 2.05) is 43.1 Å². The van der Waals surface area contributed by atoms with E-state index >= 15 is 0 Å². The van der Waals surface area contributed by atoms with Gasteiger partial charge < -0.3 is 21.0 Å². The topological polar surface area (TPSA) is 113 Å². The highest BCUT2D eigenvalue weighted by molar-refractivity contribution is 6.30. The average molecular weight is 528 g/mol. The second kappa shape index (κ2) is 18.1. The second-order valence-electron chi connectivity index (χ2n) is 8.83. The molecule has 0 aliphatic rings. The Morgan fingerprint density at radius 2 is 1.86 bits per heavy atom. The van der Waals surface area contributed by atoms with Crippen molar-refractivity contribution in [2.24, 2.45) is 11.7 Å². The number of halogens is 1. The van der Waals surface area contributed by atoms with Crippen LogP contribution >= 0.6 is 11.6 Å². The number of nitrogens with one attached hydrogen (secondary N) is 1. The summed E-state index contributed by atoms with van der Waals surface area (Å²) in [4.78, 5) is 35.1. The first kappa shape index (κ1) is 31.8. The molecule has 0 aliphatic carbocycles. The summed E-state index contributed by atoms with van der Waals surface area (Å²) in [5.74, 6) is 0.140. The summed E-state index contributed by atoms with van der Waals surface area (Å²) in [6.07, 6.45) is 8.25. The second-order valence-corrected chi connectivity index (χ2v) is 9.26. The van der Waals surface area contributed by atoms with E-state index in [9.17, 15) is 19.5 Å². The molecule has 0 aromatic heterocycles. The molecule has 8 heteroatoms. The number of hydrogen-bond acceptors (Lipinski definition) is 6. The summed E-state index contributed by atoms with van der Waals surface area (Å²) in [6.45, 7) is 5.05. The molecule has 7 nitrogen and oxygen atoms in total. The number of carbonyl (C=O) groups is 3. The summed E-state index contributed by atoms with van der Waals surface area (Å²) in [5, 5.41) is 13.1. The lowest BCUT2D eigenvalue weighted by Gasteiger charge is -2.16. The van der Waals surface area contributed by atoms with E-state index in [1.54, 1.807) is 24.3 Å². The van der Waals surface area contributed by atoms with Gasteiger partial charge in [0.25, 0.3) is 0 Å². The highest BCUT2D eigenvalue weighted by Gasteiger charge is 2.07. The van der Waals surface area contributed by atoms with E-state index in [4.69, 9.17) is 17.3 Å². The van der Waals surface area contributed by atoms with Gasteiger partial charge in [0.15, 0.2) is 5.78 Å². The fourth-order valence-electron chi connectivity index (χ4n) is 3.21. The van der Waals surface area contributed by atoms with Crippen LogP contribution in [0.15, 0.2) is 66.8 Å². The zero-order valence-electron chi connectivity index (χ0n) is 21.8. The Balaban J connectivity index is 0.000000397. The zero-order valence-corrected chi connectivity index (χ0v) is 22.6. The van der Waals surface area contributed by atoms with Crippen LogP contribution in [0.3, 0.4) is 0 Å². The molecule has 4 N–H and O–H groups in total. The summed E-state index contributed by atoms with van der Waals surface area (Å²) in [5.41, 5.74) is 8.02. The largest absolute Gasteiger partial charge is 0.507 e. The molecule has 0 heterocycles. The number of nitrogens with two attached hydrogens (primary N) is 1. The maximum absolute atomic E-state index is 12.0. The van der Waals surface area contributed by atoms with Gasteiger partial charge in [-0.05, 0) is 87.5 Å².